The quantitative estimate of drug-likeness (QED) is 0.875. The lowest BCUT2D eigenvalue weighted by Gasteiger charge is -2.28. The monoisotopic (exact) mass is 248 g/mol. The summed E-state index contributed by atoms with van der Waals surface area (Å²) in [6, 6.07) is 0. The van der Waals surface area contributed by atoms with Crippen LogP contribution in [-0.2, 0) is 6.54 Å². The SMILES string of the molecule is NCc1ncc(C2CCC(C(F)(F)F)CC2)o1. The van der Waals surface area contributed by atoms with E-state index in [-0.39, 0.29) is 25.3 Å². The van der Waals surface area contributed by atoms with Crippen LogP contribution in [0.15, 0.2) is 10.6 Å². The highest BCUT2D eigenvalue weighted by Gasteiger charge is 2.42. The van der Waals surface area contributed by atoms with Crippen LogP contribution in [0.1, 0.15) is 43.3 Å². The number of halogens is 3. The molecule has 1 aliphatic rings. The largest absolute Gasteiger partial charge is 0.444 e. The summed E-state index contributed by atoms with van der Waals surface area (Å²) < 4.78 is 42.8. The van der Waals surface area contributed by atoms with Crippen molar-refractivity contribution in [1.82, 2.24) is 4.98 Å². The highest BCUT2D eigenvalue weighted by molar-refractivity contribution is 5.03. The van der Waals surface area contributed by atoms with E-state index in [9.17, 15) is 13.2 Å². The molecular formula is C11H15F3N2O. The predicted molar refractivity (Wildman–Crippen MR) is 55.1 cm³/mol. The fourth-order valence-electron chi connectivity index (χ4n) is 2.31. The average Bonchev–Trinajstić information content (AvgIpc) is 2.76. The molecular weight excluding hydrogens is 233 g/mol. The lowest BCUT2D eigenvalue weighted by Crippen LogP contribution is -2.27. The molecule has 0 radical (unpaired) electrons. The van der Waals surface area contributed by atoms with Gasteiger partial charge in [0.25, 0.3) is 0 Å². The van der Waals surface area contributed by atoms with Gasteiger partial charge >= 0.3 is 6.18 Å². The zero-order valence-electron chi connectivity index (χ0n) is 9.33. The number of rotatable bonds is 2. The molecule has 0 amide bonds. The third-order valence-corrected chi connectivity index (χ3v) is 3.34. The van der Waals surface area contributed by atoms with Crippen molar-refractivity contribution in [2.75, 3.05) is 0 Å². The van der Waals surface area contributed by atoms with Gasteiger partial charge in [-0.3, -0.25) is 0 Å². The van der Waals surface area contributed by atoms with Crippen molar-refractivity contribution in [2.24, 2.45) is 11.7 Å². The Morgan fingerprint density at radius 1 is 1.29 bits per heavy atom. The lowest BCUT2D eigenvalue weighted by molar-refractivity contribution is -0.182. The second-order valence-electron chi connectivity index (χ2n) is 4.45. The molecule has 0 bridgehead atoms. The van der Waals surface area contributed by atoms with Crippen LogP contribution in [-0.4, -0.2) is 11.2 Å². The first-order valence-electron chi connectivity index (χ1n) is 5.72. The Labute approximate surface area is 97.2 Å². The molecule has 3 nitrogen and oxygen atoms in total. The summed E-state index contributed by atoms with van der Waals surface area (Å²) in [4.78, 5) is 3.96. The van der Waals surface area contributed by atoms with Crippen LogP contribution >= 0.6 is 0 Å². The number of hydrogen-bond donors (Lipinski definition) is 1. The highest BCUT2D eigenvalue weighted by atomic mass is 19.4. The average molecular weight is 248 g/mol. The summed E-state index contributed by atoms with van der Waals surface area (Å²) in [6.07, 6.45) is -1.12. The molecule has 1 heterocycles. The molecule has 0 aliphatic heterocycles. The van der Waals surface area contributed by atoms with Gasteiger partial charge in [-0.2, -0.15) is 13.2 Å². The molecule has 96 valence electrons. The van der Waals surface area contributed by atoms with Gasteiger partial charge < -0.3 is 10.2 Å². The van der Waals surface area contributed by atoms with Crippen molar-refractivity contribution in [3.63, 3.8) is 0 Å². The van der Waals surface area contributed by atoms with Crippen molar-refractivity contribution in [2.45, 2.75) is 44.3 Å². The fourth-order valence-corrected chi connectivity index (χ4v) is 2.31. The standard InChI is InChI=1S/C11H15F3N2O/c12-11(13,14)8-3-1-7(2-4-8)9-6-16-10(5-15)17-9/h6-8H,1-5,15H2. The Balaban J connectivity index is 1.95. The van der Waals surface area contributed by atoms with Gasteiger partial charge in [-0.25, -0.2) is 4.98 Å². The van der Waals surface area contributed by atoms with Crippen LogP contribution in [0.3, 0.4) is 0 Å². The molecule has 1 fully saturated rings. The van der Waals surface area contributed by atoms with Gasteiger partial charge in [0, 0.05) is 5.92 Å². The molecule has 2 N–H and O–H groups in total. The first-order chi connectivity index (χ1) is 8.00. The summed E-state index contributed by atoms with van der Waals surface area (Å²) in [5, 5.41) is 0. The summed E-state index contributed by atoms with van der Waals surface area (Å²) in [7, 11) is 0. The molecule has 1 saturated carbocycles. The van der Waals surface area contributed by atoms with E-state index < -0.39 is 12.1 Å². The summed E-state index contributed by atoms with van der Waals surface area (Å²) in [5.74, 6) is 0.0149. The van der Waals surface area contributed by atoms with Crippen molar-refractivity contribution >= 4 is 0 Å². The third kappa shape index (κ3) is 2.80. The van der Waals surface area contributed by atoms with E-state index in [0.29, 0.717) is 24.5 Å². The van der Waals surface area contributed by atoms with Crippen LogP contribution in [0, 0.1) is 5.92 Å². The first-order valence-corrected chi connectivity index (χ1v) is 5.72. The minimum atomic E-state index is -4.06. The number of oxazole rings is 1. The van der Waals surface area contributed by atoms with E-state index in [1.807, 2.05) is 0 Å². The molecule has 2 rings (SSSR count). The van der Waals surface area contributed by atoms with Gasteiger partial charge in [0.15, 0.2) is 0 Å². The normalized spacial score (nSPS) is 26.1. The van der Waals surface area contributed by atoms with E-state index in [4.69, 9.17) is 10.2 Å². The van der Waals surface area contributed by atoms with E-state index in [2.05, 4.69) is 4.98 Å². The fraction of sp³-hybridized carbons (Fsp3) is 0.727. The van der Waals surface area contributed by atoms with Gasteiger partial charge in [0.05, 0.1) is 18.7 Å². The maximum atomic E-state index is 12.5. The van der Waals surface area contributed by atoms with E-state index in [0.717, 1.165) is 0 Å². The Hall–Kier alpha value is -1.04. The maximum Gasteiger partial charge on any atom is 0.391 e. The lowest BCUT2D eigenvalue weighted by atomic mass is 9.81. The first kappa shape index (κ1) is 12.4. The Bertz CT molecular complexity index is 367. The molecule has 0 aromatic carbocycles. The van der Waals surface area contributed by atoms with Crippen LogP contribution < -0.4 is 5.73 Å². The molecule has 17 heavy (non-hydrogen) atoms. The smallest absolute Gasteiger partial charge is 0.391 e. The minimum Gasteiger partial charge on any atom is -0.444 e. The van der Waals surface area contributed by atoms with Gasteiger partial charge in [-0.05, 0) is 25.7 Å². The van der Waals surface area contributed by atoms with E-state index in [1.54, 1.807) is 6.20 Å². The molecule has 1 aromatic rings. The summed E-state index contributed by atoms with van der Waals surface area (Å²) in [5.41, 5.74) is 5.37. The molecule has 6 heteroatoms. The number of alkyl halides is 3. The second kappa shape index (κ2) is 4.68. The van der Waals surface area contributed by atoms with Crippen LogP contribution in [0.4, 0.5) is 13.2 Å². The summed E-state index contributed by atoms with van der Waals surface area (Å²) in [6.45, 7) is 0.220. The second-order valence-corrected chi connectivity index (χ2v) is 4.45. The van der Waals surface area contributed by atoms with Gasteiger partial charge in [0.1, 0.15) is 5.76 Å². The van der Waals surface area contributed by atoms with Crippen molar-refractivity contribution < 1.29 is 17.6 Å². The molecule has 1 aromatic heterocycles. The van der Waals surface area contributed by atoms with Gasteiger partial charge in [0.2, 0.25) is 5.89 Å². The molecule has 0 spiro atoms. The highest BCUT2D eigenvalue weighted by Crippen LogP contribution is 2.42. The van der Waals surface area contributed by atoms with Crippen molar-refractivity contribution in [3.05, 3.63) is 17.8 Å². The third-order valence-electron chi connectivity index (χ3n) is 3.34. The summed E-state index contributed by atoms with van der Waals surface area (Å²) >= 11 is 0. The van der Waals surface area contributed by atoms with Gasteiger partial charge in [-0.15, -0.1) is 0 Å². The van der Waals surface area contributed by atoms with Crippen molar-refractivity contribution in [1.29, 1.82) is 0 Å². The molecule has 0 atom stereocenters. The minimum absolute atomic E-state index is 0.0569. The van der Waals surface area contributed by atoms with Gasteiger partial charge in [-0.1, -0.05) is 0 Å². The zero-order chi connectivity index (χ0) is 12.5. The molecule has 0 saturated heterocycles. The van der Waals surface area contributed by atoms with Crippen molar-refractivity contribution in [3.8, 4) is 0 Å². The Kier molecular flexibility index (Phi) is 3.42. The van der Waals surface area contributed by atoms with E-state index in [1.165, 1.54) is 0 Å². The van der Waals surface area contributed by atoms with E-state index >= 15 is 0 Å². The Morgan fingerprint density at radius 3 is 2.41 bits per heavy atom. The van der Waals surface area contributed by atoms with Crippen LogP contribution in [0.2, 0.25) is 0 Å². The number of hydrogen-bond acceptors (Lipinski definition) is 3. The number of nitrogens with two attached hydrogens (primary N) is 1. The number of nitrogens with zero attached hydrogens (tertiary/aromatic N) is 1. The van der Waals surface area contributed by atoms with Crippen LogP contribution in [0.25, 0.3) is 0 Å². The Morgan fingerprint density at radius 2 is 1.94 bits per heavy atom. The zero-order valence-corrected chi connectivity index (χ0v) is 9.33. The topological polar surface area (TPSA) is 52.0 Å². The molecule has 1 aliphatic carbocycles. The predicted octanol–water partition coefficient (Wildman–Crippen LogP) is 2.97. The number of aromatic nitrogens is 1. The van der Waals surface area contributed by atoms with Crippen LogP contribution in [0.5, 0.6) is 0 Å². The maximum absolute atomic E-state index is 12.5. The molecule has 0 unspecified atom stereocenters.